The van der Waals surface area contributed by atoms with Gasteiger partial charge in [0.1, 0.15) is 17.1 Å². The lowest BCUT2D eigenvalue weighted by Crippen LogP contribution is -2.02. The van der Waals surface area contributed by atoms with Gasteiger partial charge in [0.2, 0.25) is 0 Å². The molecule has 0 unspecified atom stereocenters. The van der Waals surface area contributed by atoms with E-state index in [4.69, 9.17) is 29.9 Å². The van der Waals surface area contributed by atoms with Crippen LogP contribution in [0.2, 0.25) is 0 Å². The Kier molecular flexibility index (Phi) is 6.88. The van der Waals surface area contributed by atoms with Gasteiger partial charge in [-0.05, 0) is 93.0 Å². The molecular formula is C42H24N10. The predicted molar refractivity (Wildman–Crippen MR) is 201 cm³/mol. The summed E-state index contributed by atoms with van der Waals surface area (Å²) in [5, 5.41) is 6.42. The Morgan fingerprint density at radius 2 is 0.769 bits per heavy atom. The van der Waals surface area contributed by atoms with Crippen molar-refractivity contribution in [3.05, 3.63) is 146 Å². The number of hydrogen-bond acceptors (Lipinski definition) is 10. The van der Waals surface area contributed by atoms with E-state index in [1.54, 1.807) is 31.0 Å². The summed E-state index contributed by atoms with van der Waals surface area (Å²) in [5.74, 6) is 3.04. The fraction of sp³-hybridized carbons (Fsp3) is 0. The summed E-state index contributed by atoms with van der Waals surface area (Å²) in [6, 6.07) is 37.9. The summed E-state index contributed by atoms with van der Waals surface area (Å²) in [6.45, 7) is 0. The van der Waals surface area contributed by atoms with Crippen LogP contribution in [-0.2, 0) is 0 Å². The molecule has 6 aromatic heterocycles. The molecule has 0 spiro atoms. The lowest BCUT2D eigenvalue weighted by atomic mass is 9.89. The molecular weight excluding hydrogens is 645 g/mol. The van der Waals surface area contributed by atoms with Crippen LogP contribution in [0.5, 0.6) is 0 Å². The first-order valence-electron chi connectivity index (χ1n) is 16.6. The Bertz CT molecular complexity index is 2570. The summed E-state index contributed by atoms with van der Waals surface area (Å²) in [7, 11) is 0. The summed E-state index contributed by atoms with van der Waals surface area (Å²) in [6.07, 6.45) is 8.70. The van der Waals surface area contributed by atoms with Crippen molar-refractivity contribution in [2.24, 2.45) is 0 Å². The number of pyridine rings is 4. The highest BCUT2D eigenvalue weighted by Crippen LogP contribution is 2.42. The molecule has 0 N–H and O–H groups in total. The molecule has 0 atom stereocenters. The smallest absolute Gasteiger partial charge is 0.182 e. The first-order valence-corrected chi connectivity index (χ1v) is 16.6. The number of hydrogen-bond donors (Lipinski definition) is 0. The van der Waals surface area contributed by atoms with E-state index in [1.807, 2.05) is 66.7 Å². The van der Waals surface area contributed by atoms with Gasteiger partial charge in [-0.25, -0.2) is 29.9 Å². The molecule has 10 heteroatoms. The molecule has 6 heterocycles. The molecule has 0 saturated heterocycles. The fourth-order valence-corrected chi connectivity index (χ4v) is 6.64. The second kappa shape index (κ2) is 12.1. The molecule has 0 aliphatic rings. The summed E-state index contributed by atoms with van der Waals surface area (Å²) < 4.78 is 0. The van der Waals surface area contributed by atoms with Gasteiger partial charge in [0.05, 0.1) is 0 Å². The van der Waals surface area contributed by atoms with Crippen LogP contribution in [0, 0.1) is 0 Å². The van der Waals surface area contributed by atoms with E-state index in [0.717, 1.165) is 49.0 Å². The lowest BCUT2D eigenvalue weighted by molar-refractivity contribution is 1.05. The average Bonchev–Trinajstić information content (AvgIpc) is 3.23. The molecule has 0 fully saturated rings. The molecule has 10 nitrogen and oxygen atoms in total. The van der Waals surface area contributed by atoms with Crippen molar-refractivity contribution in [1.29, 1.82) is 0 Å². The van der Waals surface area contributed by atoms with Gasteiger partial charge in [0, 0.05) is 47.7 Å². The van der Waals surface area contributed by atoms with Gasteiger partial charge >= 0.3 is 0 Å². The second-order valence-corrected chi connectivity index (χ2v) is 12.1. The SMILES string of the molecule is c1ccc(-c2nc(-c3cccnc3)nc(-c3ccc4ccc5c(-c6nc(-c7ccccn7)nc(-c7ccccn7)n6)ccc6ccc3c4c65)n2)nc1. The van der Waals surface area contributed by atoms with Gasteiger partial charge in [-0.3, -0.25) is 19.9 Å². The highest BCUT2D eigenvalue weighted by atomic mass is 15.1. The minimum absolute atomic E-state index is 0.474. The van der Waals surface area contributed by atoms with Gasteiger partial charge in [0.15, 0.2) is 34.9 Å². The number of aromatic nitrogens is 10. The van der Waals surface area contributed by atoms with Crippen LogP contribution in [0.15, 0.2) is 146 Å². The van der Waals surface area contributed by atoms with E-state index < -0.39 is 0 Å². The van der Waals surface area contributed by atoms with Crippen molar-refractivity contribution in [2.75, 3.05) is 0 Å². The lowest BCUT2D eigenvalue weighted by Gasteiger charge is -2.16. The molecule has 0 aliphatic carbocycles. The maximum absolute atomic E-state index is 5.00. The molecule has 0 bridgehead atoms. The maximum Gasteiger partial charge on any atom is 0.182 e. The van der Waals surface area contributed by atoms with Gasteiger partial charge in [-0.1, -0.05) is 54.6 Å². The zero-order valence-electron chi connectivity index (χ0n) is 27.3. The standard InChI is InChI=1S/C42H24N10/c1-4-21-44-32(9-1)40-48-37(27-8-7-20-43-24-27)47-38(49-40)30-18-14-25-13-17-29-31(19-15-26-12-16-28(30)35(25)36(26)29)39-50-41(33-10-2-5-22-45-33)52-42(51-39)34-11-3-6-23-46-34/h1-24H. The maximum atomic E-state index is 5.00. The molecule has 0 radical (unpaired) electrons. The topological polar surface area (TPSA) is 129 Å². The Morgan fingerprint density at radius 1 is 0.327 bits per heavy atom. The van der Waals surface area contributed by atoms with Crippen molar-refractivity contribution >= 4 is 32.3 Å². The van der Waals surface area contributed by atoms with E-state index in [9.17, 15) is 0 Å². The highest BCUT2D eigenvalue weighted by Gasteiger charge is 2.20. The van der Waals surface area contributed by atoms with E-state index >= 15 is 0 Å². The third kappa shape index (κ3) is 5.05. The van der Waals surface area contributed by atoms with E-state index in [-0.39, 0.29) is 0 Å². The number of nitrogens with zero attached hydrogens (tertiary/aromatic N) is 10. The minimum Gasteiger partial charge on any atom is -0.264 e. The average molecular weight is 669 g/mol. The van der Waals surface area contributed by atoms with Gasteiger partial charge < -0.3 is 0 Å². The quantitative estimate of drug-likeness (QED) is 0.159. The monoisotopic (exact) mass is 668 g/mol. The molecule has 52 heavy (non-hydrogen) atoms. The van der Waals surface area contributed by atoms with Crippen molar-refractivity contribution in [1.82, 2.24) is 49.8 Å². The first-order chi connectivity index (χ1) is 25.8. The summed E-state index contributed by atoms with van der Waals surface area (Å²) >= 11 is 0. The predicted octanol–water partition coefficient (Wildman–Crippen LogP) is 8.54. The summed E-state index contributed by atoms with van der Waals surface area (Å²) in [4.78, 5) is 47.5. The molecule has 0 saturated carbocycles. The van der Waals surface area contributed by atoms with Crippen LogP contribution < -0.4 is 0 Å². The molecule has 0 aliphatic heterocycles. The third-order valence-electron chi connectivity index (χ3n) is 9.02. The summed E-state index contributed by atoms with van der Waals surface area (Å²) in [5.41, 5.74) is 4.51. The van der Waals surface area contributed by atoms with Gasteiger partial charge in [-0.15, -0.1) is 0 Å². The van der Waals surface area contributed by atoms with E-state index in [0.29, 0.717) is 52.0 Å². The molecule has 10 aromatic rings. The van der Waals surface area contributed by atoms with Crippen LogP contribution in [0.3, 0.4) is 0 Å². The van der Waals surface area contributed by atoms with Crippen molar-refractivity contribution < 1.29 is 0 Å². The Balaban J connectivity index is 1.20. The first kappa shape index (κ1) is 29.5. The normalized spacial score (nSPS) is 11.5. The molecule has 10 rings (SSSR count). The van der Waals surface area contributed by atoms with Gasteiger partial charge in [0.25, 0.3) is 0 Å². The third-order valence-corrected chi connectivity index (χ3v) is 9.02. The van der Waals surface area contributed by atoms with Crippen LogP contribution >= 0.6 is 0 Å². The fourth-order valence-electron chi connectivity index (χ4n) is 6.64. The van der Waals surface area contributed by atoms with Crippen LogP contribution in [0.4, 0.5) is 0 Å². The van der Waals surface area contributed by atoms with Gasteiger partial charge in [-0.2, -0.15) is 0 Å². The largest absolute Gasteiger partial charge is 0.264 e. The van der Waals surface area contributed by atoms with Crippen molar-refractivity contribution in [3.63, 3.8) is 0 Å². The zero-order chi connectivity index (χ0) is 34.4. The van der Waals surface area contributed by atoms with Crippen LogP contribution in [0.25, 0.3) is 101 Å². The van der Waals surface area contributed by atoms with Crippen LogP contribution in [-0.4, -0.2) is 49.8 Å². The minimum atomic E-state index is 0.474. The van der Waals surface area contributed by atoms with Crippen molar-refractivity contribution in [3.8, 4) is 68.7 Å². The number of rotatable bonds is 6. The van der Waals surface area contributed by atoms with Crippen molar-refractivity contribution in [2.45, 2.75) is 0 Å². The Labute approximate surface area is 296 Å². The number of benzene rings is 4. The highest BCUT2D eigenvalue weighted by molar-refractivity contribution is 6.27. The van der Waals surface area contributed by atoms with E-state index in [1.165, 1.54) is 0 Å². The Hall–Kier alpha value is -7.46. The van der Waals surface area contributed by atoms with Crippen LogP contribution in [0.1, 0.15) is 0 Å². The molecule has 242 valence electrons. The van der Waals surface area contributed by atoms with E-state index in [2.05, 4.69) is 68.5 Å². The molecule has 0 amide bonds. The zero-order valence-corrected chi connectivity index (χ0v) is 27.3. The Morgan fingerprint density at radius 3 is 1.21 bits per heavy atom. The molecule has 4 aromatic carbocycles. The second-order valence-electron chi connectivity index (χ2n) is 12.1.